The van der Waals surface area contributed by atoms with Gasteiger partial charge in [0.2, 0.25) is 5.91 Å². The molecule has 0 unspecified atom stereocenters. The Bertz CT molecular complexity index is 630. The number of hydrogen-bond donors (Lipinski definition) is 1. The summed E-state index contributed by atoms with van der Waals surface area (Å²) in [6.07, 6.45) is 2.62. The maximum Gasteiger partial charge on any atom is 0.223 e. The molecule has 1 aliphatic rings. The van der Waals surface area contributed by atoms with Crippen LogP contribution in [0.4, 0.5) is 0 Å². The van der Waals surface area contributed by atoms with Gasteiger partial charge in [-0.1, -0.05) is 54.6 Å². The highest BCUT2D eigenvalue weighted by atomic mass is 16.5. The van der Waals surface area contributed by atoms with Crippen molar-refractivity contribution in [2.45, 2.75) is 38.3 Å². The molecule has 2 aromatic carbocycles. The summed E-state index contributed by atoms with van der Waals surface area (Å²) in [5.74, 6) is 0.0662. The summed E-state index contributed by atoms with van der Waals surface area (Å²) < 4.78 is 5.51. The van der Waals surface area contributed by atoms with Gasteiger partial charge in [-0.05, 0) is 36.5 Å². The number of ether oxygens (including phenoxy) is 1. The number of hydrogen-bond acceptors (Lipinski definition) is 2. The molecule has 0 bridgehead atoms. The first-order valence-electron chi connectivity index (χ1n) is 8.29. The normalized spacial score (nSPS) is 18.6. The average Bonchev–Trinajstić information content (AvgIpc) is 3.08. The number of nitrogens with one attached hydrogen (secondary N) is 1. The Morgan fingerprint density at radius 1 is 1.13 bits per heavy atom. The first-order chi connectivity index (χ1) is 11.2. The molecule has 2 aromatic rings. The lowest BCUT2D eigenvalue weighted by atomic mass is 10.0. The summed E-state index contributed by atoms with van der Waals surface area (Å²) in [6, 6.07) is 18.7. The van der Waals surface area contributed by atoms with Gasteiger partial charge in [-0.3, -0.25) is 4.79 Å². The van der Waals surface area contributed by atoms with E-state index in [-0.39, 0.29) is 18.1 Å². The zero-order chi connectivity index (χ0) is 16.1. The van der Waals surface area contributed by atoms with Crippen molar-refractivity contribution in [3.63, 3.8) is 0 Å². The molecular weight excluding hydrogens is 286 g/mol. The molecule has 1 heterocycles. The Kier molecular flexibility index (Phi) is 5.09. The maximum absolute atomic E-state index is 12.1. The van der Waals surface area contributed by atoms with E-state index in [9.17, 15) is 4.79 Å². The van der Waals surface area contributed by atoms with E-state index in [1.54, 1.807) is 0 Å². The quantitative estimate of drug-likeness (QED) is 0.903. The molecule has 1 saturated heterocycles. The molecule has 0 radical (unpaired) electrons. The second-order valence-corrected chi connectivity index (χ2v) is 6.12. The minimum atomic E-state index is 0.00808. The van der Waals surface area contributed by atoms with Gasteiger partial charge in [-0.2, -0.15) is 0 Å². The second-order valence-electron chi connectivity index (χ2n) is 6.12. The number of amides is 1. The molecule has 0 aromatic heterocycles. The summed E-state index contributed by atoms with van der Waals surface area (Å²) >= 11 is 0. The Labute approximate surface area is 137 Å². The highest BCUT2D eigenvalue weighted by Gasteiger charge is 2.20. The van der Waals surface area contributed by atoms with Crippen molar-refractivity contribution in [1.82, 2.24) is 5.32 Å². The summed E-state index contributed by atoms with van der Waals surface area (Å²) in [7, 11) is 0. The topological polar surface area (TPSA) is 38.3 Å². The highest BCUT2D eigenvalue weighted by Crippen LogP contribution is 2.22. The largest absolute Gasteiger partial charge is 0.378 e. The van der Waals surface area contributed by atoms with E-state index in [0.29, 0.717) is 6.42 Å². The van der Waals surface area contributed by atoms with Crippen LogP contribution in [0.5, 0.6) is 0 Å². The lowest BCUT2D eigenvalue weighted by Crippen LogP contribution is -2.29. The van der Waals surface area contributed by atoms with Crippen LogP contribution in [0.1, 0.15) is 37.8 Å². The second kappa shape index (κ2) is 7.42. The molecule has 0 saturated carbocycles. The minimum absolute atomic E-state index is 0.00808. The molecule has 0 spiro atoms. The molecule has 23 heavy (non-hydrogen) atoms. The van der Waals surface area contributed by atoms with Gasteiger partial charge in [0.15, 0.2) is 0 Å². The molecule has 1 N–H and O–H groups in total. The molecule has 3 rings (SSSR count). The Morgan fingerprint density at radius 2 is 1.83 bits per heavy atom. The molecule has 1 fully saturated rings. The lowest BCUT2D eigenvalue weighted by molar-refractivity contribution is -0.123. The van der Waals surface area contributed by atoms with Crippen LogP contribution in [0.25, 0.3) is 11.1 Å². The smallest absolute Gasteiger partial charge is 0.223 e. The van der Waals surface area contributed by atoms with E-state index in [2.05, 4.69) is 41.7 Å². The number of carbonyl (C=O) groups is 1. The summed E-state index contributed by atoms with van der Waals surface area (Å²) in [6.45, 7) is 2.80. The van der Waals surface area contributed by atoms with Crippen LogP contribution in [0.3, 0.4) is 0 Å². The van der Waals surface area contributed by atoms with E-state index in [0.717, 1.165) is 25.0 Å². The van der Waals surface area contributed by atoms with Crippen molar-refractivity contribution in [2.75, 3.05) is 6.61 Å². The first kappa shape index (κ1) is 15.8. The van der Waals surface area contributed by atoms with Crippen LogP contribution >= 0.6 is 0 Å². The predicted molar refractivity (Wildman–Crippen MR) is 92.0 cm³/mol. The monoisotopic (exact) mass is 309 g/mol. The van der Waals surface area contributed by atoms with Crippen LogP contribution in [0.15, 0.2) is 54.6 Å². The zero-order valence-corrected chi connectivity index (χ0v) is 13.5. The first-order valence-corrected chi connectivity index (χ1v) is 8.29. The van der Waals surface area contributed by atoms with E-state index in [1.165, 1.54) is 11.1 Å². The Balaban J connectivity index is 1.59. The molecule has 3 nitrogen and oxygen atoms in total. The third kappa shape index (κ3) is 4.20. The molecule has 120 valence electrons. The highest BCUT2D eigenvalue weighted by molar-refractivity contribution is 5.77. The standard InChI is InChI=1S/C20H23NO2/c1-15(21-20(22)14-19-8-5-13-23-19)16-9-11-18(12-10-16)17-6-3-2-4-7-17/h2-4,6-7,9-12,15,19H,5,8,13-14H2,1H3,(H,21,22)/t15-,19-/m1/s1. The van der Waals surface area contributed by atoms with Gasteiger partial charge in [0, 0.05) is 6.61 Å². The number of carbonyl (C=O) groups excluding carboxylic acids is 1. The van der Waals surface area contributed by atoms with Crippen LogP contribution in [-0.2, 0) is 9.53 Å². The Hall–Kier alpha value is -2.13. The lowest BCUT2D eigenvalue weighted by Gasteiger charge is -2.16. The van der Waals surface area contributed by atoms with Gasteiger partial charge >= 0.3 is 0 Å². The zero-order valence-electron chi connectivity index (χ0n) is 13.5. The number of rotatable bonds is 5. The fourth-order valence-electron chi connectivity index (χ4n) is 2.99. The van der Waals surface area contributed by atoms with Crippen molar-refractivity contribution in [3.05, 3.63) is 60.2 Å². The molecule has 1 amide bonds. The minimum Gasteiger partial charge on any atom is -0.378 e. The van der Waals surface area contributed by atoms with E-state index < -0.39 is 0 Å². The maximum atomic E-state index is 12.1. The molecular formula is C20H23NO2. The van der Waals surface area contributed by atoms with E-state index in [1.807, 2.05) is 25.1 Å². The summed E-state index contributed by atoms with van der Waals surface area (Å²) in [4.78, 5) is 12.1. The summed E-state index contributed by atoms with van der Waals surface area (Å²) in [5, 5.41) is 3.06. The van der Waals surface area contributed by atoms with Gasteiger partial charge in [0.05, 0.1) is 18.6 Å². The van der Waals surface area contributed by atoms with Crippen molar-refractivity contribution < 1.29 is 9.53 Å². The van der Waals surface area contributed by atoms with Crippen LogP contribution in [0.2, 0.25) is 0 Å². The molecule has 0 aliphatic carbocycles. The van der Waals surface area contributed by atoms with Crippen LogP contribution < -0.4 is 5.32 Å². The van der Waals surface area contributed by atoms with Crippen molar-refractivity contribution in [1.29, 1.82) is 0 Å². The van der Waals surface area contributed by atoms with E-state index >= 15 is 0 Å². The SMILES string of the molecule is C[C@@H](NC(=O)C[C@H]1CCCO1)c1ccc(-c2ccccc2)cc1. The third-order valence-electron chi connectivity index (χ3n) is 4.33. The van der Waals surface area contributed by atoms with Crippen LogP contribution in [0, 0.1) is 0 Å². The van der Waals surface area contributed by atoms with Crippen LogP contribution in [-0.4, -0.2) is 18.6 Å². The summed E-state index contributed by atoms with van der Waals surface area (Å²) in [5.41, 5.74) is 3.51. The fourth-order valence-corrected chi connectivity index (χ4v) is 2.99. The molecule has 2 atom stereocenters. The van der Waals surface area contributed by atoms with Gasteiger partial charge in [-0.15, -0.1) is 0 Å². The van der Waals surface area contributed by atoms with E-state index in [4.69, 9.17) is 4.74 Å². The van der Waals surface area contributed by atoms with Gasteiger partial charge in [0.25, 0.3) is 0 Å². The van der Waals surface area contributed by atoms with Crippen molar-refractivity contribution in [2.24, 2.45) is 0 Å². The van der Waals surface area contributed by atoms with Gasteiger partial charge in [-0.25, -0.2) is 0 Å². The van der Waals surface area contributed by atoms with Crippen molar-refractivity contribution in [3.8, 4) is 11.1 Å². The Morgan fingerprint density at radius 3 is 2.48 bits per heavy atom. The third-order valence-corrected chi connectivity index (χ3v) is 4.33. The van der Waals surface area contributed by atoms with Gasteiger partial charge < -0.3 is 10.1 Å². The molecule has 1 aliphatic heterocycles. The fraction of sp³-hybridized carbons (Fsp3) is 0.350. The average molecular weight is 309 g/mol. The molecule has 3 heteroatoms. The van der Waals surface area contributed by atoms with Crippen molar-refractivity contribution >= 4 is 5.91 Å². The number of benzene rings is 2. The van der Waals surface area contributed by atoms with Gasteiger partial charge in [0.1, 0.15) is 0 Å². The predicted octanol–water partition coefficient (Wildman–Crippen LogP) is 4.10.